The number of nitrogens with zero attached hydrogens (tertiary/aromatic N) is 3. The molecule has 0 saturated heterocycles. The van der Waals surface area contributed by atoms with Gasteiger partial charge in [-0.25, -0.2) is 0 Å². The summed E-state index contributed by atoms with van der Waals surface area (Å²) in [5.41, 5.74) is 26.6. The van der Waals surface area contributed by atoms with E-state index in [9.17, 15) is 0 Å². The van der Waals surface area contributed by atoms with Crippen LogP contribution in [0.1, 0.15) is 83.1 Å². The Morgan fingerprint density at radius 1 is 0.333 bits per heavy atom. The molecule has 6 aliphatic carbocycles. The van der Waals surface area contributed by atoms with Gasteiger partial charge in [0.05, 0.1) is 0 Å². The first-order valence-electron chi connectivity index (χ1n) is 20.6. The summed E-state index contributed by atoms with van der Waals surface area (Å²) >= 11 is 0. The van der Waals surface area contributed by atoms with Crippen molar-refractivity contribution in [2.75, 3.05) is 14.7 Å². The van der Waals surface area contributed by atoms with Crippen molar-refractivity contribution in [3.05, 3.63) is 140 Å². The number of anilines is 3. The first-order chi connectivity index (χ1) is 25.3. The quantitative estimate of drug-likeness (QED) is 0.251. The second-order valence-electron chi connectivity index (χ2n) is 21.7. The van der Waals surface area contributed by atoms with Crippen LogP contribution >= 0.6 is 0 Å². The molecule has 6 aliphatic heterocycles. The molecule has 0 fully saturated rings. The summed E-state index contributed by atoms with van der Waals surface area (Å²) in [6, 6.07) is 0. The van der Waals surface area contributed by atoms with E-state index in [1.54, 1.807) is 32.8 Å². The fourth-order valence-corrected chi connectivity index (χ4v) is 13.7. The van der Waals surface area contributed by atoms with Crippen LogP contribution < -0.4 is 31.1 Å². The third-order valence-corrected chi connectivity index (χ3v) is 15.8. The molecule has 1 aromatic rings. The molecule has 6 heteroatoms. The van der Waals surface area contributed by atoms with E-state index in [4.69, 9.17) is 0 Å². The molecule has 13 rings (SSSR count). The smallest absolute Gasteiger partial charge is 0.248 e. The van der Waals surface area contributed by atoms with E-state index < -0.39 is 0 Å². The summed E-state index contributed by atoms with van der Waals surface area (Å²) in [5.74, 6) is 0. The predicted molar refractivity (Wildman–Crippen MR) is 230 cm³/mol. The summed E-state index contributed by atoms with van der Waals surface area (Å²) in [4.78, 5) is 8.48. The van der Waals surface area contributed by atoms with Gasteiger partial charge < -0.3 is 14.7 Å². The van der Waals surface area contributed by atoms with Crippen LogP contribution in [0.5, 0.6) is 0 Å². The largest absolute Gasteiger partial charge is 0.316 e. The van der Waals surface area contributed by atoms with Gasteiger partial charge in [-0.3, -0.25) is 0 Å². The van der Waals surface area contributed by atoms with Crippen molar-refractivity contribution < 1.29 is 0 Å². The van der Waals surface area contributed by atoms with Crippen LogP contribution in [0.4, 0.5) is 17.1 Å². The number of rotatable bonds is 0. The van der Waals surface area contributed by atoms with Gasteiger partial charge in [-0.2, -0.15) is 0 Å². The Labute approximate surface area is 322 Å². The Morgan fingerprint density at radius 3 is 0.833 bits per heavy atom. The summed E-state index contributed by atoms with van der Waals surface area (Å²) in [6.07, 6.45) is 30.3. The van der Waals surface area contributed by atoms with Crippen LogP contribution in [0, 0.1) is 32.5 Å². The van der Waals surface area contributed by atoms with Gasteiger partial charge in [-0.15, -0.1) is 0 Å². The van der Waals surface area contributed by atoms with Crippen molar-refractivity contribution >= 4 is 53.6 Å². The van der Waals surface area contributed by atoms with E-state index in [0.29, 0.717) is 0 Å². The second kappa shape index (κ2) is 8.28. The Bertz CT molecular complexity index is 2190. The van der Waals surface area contributed by atoms with E-state index in [0.717, 1.165) is 0 Å². The average Bonchev–Trinajstić information content (AvgIpc) is 3.90. The molecule has 12 aliphatic rings. The maximum absolute atomic E-state index is 2.83. The lowest BCUT2D eigenvalue weighted by Gasteiger charge is -2.58. The lowest BCUT2D eigenvalue weighted by Crippen LogP contribution is -2.67. The molecule has 0 unspecified atom stereocenters. The minimum Gasteiger partial charge on any atom is -0.316 e. The van der Waals surface area contributed by atoms with Gasteiger partial charge in [0.15, 0.2) is 0 Å². The number of benzene rings is 1. The highest BCUT2D eigenvalue weighted by Crippen LogP contribution is 2.64. The van der Waals surface area contributed by atoms with Crippen molar-refractivity contribution in [2.45, 2.75) is 83.1 Å². The minimum absolute atomic E-state index is 0.0765. The zero-order valence-corrected chi connectivity index (χ0v) is 34.0. The van der Waals surface area contributed by atoms with Crippen molar-refractivity contribution in [3.63, 3.8) is 0 Å². The molecule has 6 heterocycles. The Hall–Kier alpha value is -4.31. The normalized spacial score (nSPS) is 28.9. The average molecular weight is 699 g/mol. The van der Waals surface area contributed by atoms with Crippen LogP contribution in [0.25, 0.3) is 0 Å². The standard InChI is InChI=1S/C48H48B3N3/c1-43(2)22-16-28-37(43)49-25-13-19-46(7,8)40(25)53-29-17-23-44(3,4)38(29)51-27-15-21-48(11,12)42(27)54-30-18-24-45(5,6)39(30)50-26-14-20-47(9,10)41(26)52(28)34-31(49)35(53)33(51)36(54)32(34)50/h13-24H,1-12H3. The maximum Gasteiger partial charge on any atom is 0.248 e. The molecular weight excluding hydrogens is 651 g/mol. The summed E-state index contributed by atoms with van der Waals surface area (Å²) in [5, 5.41) is 0. The zero-order valence-electron chi connectivity index (χ0n) is 34.0. The molecule has 0 radical (unpaired) electrons. The van der Waals surface area contributed by atoms with Gasteiger partial charge in [0.25, 0.3) is 0 Å². The van der Waals surface area contributed by atoms with Crippen LogP contribution in [-0.2, 0) is 0 Å². The highest BCUT2D eigenvalue weighted by Gasteiger charge is 2.65. The van der Waals surface area contributed by atoms with E-state index >= 15 is 0 Å². The highest BCUT2D eigenvalue weighted by atomic mass is 15.3. The molecule has 0 N–H and O–H groups in total. The predicted octanol–water partition coefficient (Wildman–Crippen LogP) is 8.63. The Morgan fingerprint density at radius 2 is 0.574 bits per heavy atom. The Kier molecular flexibility index (Phi) is 4.74. The molecular formula is C48H48B3N3. The topological polar surface area (TPSA) is 9.72 Å². The fraction of sp³-hybridized carbons (Fsp3) is 0.375. The van der Waals surface area contributed by atoms with Crippen molar-refractivity contribution in [3.8, 4) is 0 Å². The first kappa shape index (κ1) is 31.0. The fourth-order valence-electron chi connectivity index (χ4n) is 13.7. The molecule has 0 saturated carbocycles. The van der Waals surface area contributed by atoms with Crippen LogP contribution in [0.3, 0.4) is 0 Å². The number of hydrogen-bond donors (Lipinski definition) is 0. The second-order valence-corrected chi connectivity index (χ2v) is 21.7. The van der Waals surface area contributed by atoms with Gasteiger partial charge in [0.2, 0.25) is 20.1 Å². The molecule has 0 aromatic heterocycles. The van der Waals surface area contributed by atoms with Gasteiger partial charge in [-0.05, 0) is 67.3 Å². The van der Waals surface area contributed by atoms with Crippen molar-refractivity contribution in [2.24, 2.45) is 32.5 Å². The third kappa shape index (κ3) is 2.95. The number of fused-ring (bicyclic) bond motifs is 12. The SMILES string of the molecule is CC1(C)C=CC2=C1B1C3=C(N4C5=C(B6C7=C(N8C9=C(B%10C%11=C(N2c2c%10c8c6c4c21)C(C)(C)C=C%11)C(C)(C)C=C9)C(C)(C)C=C7)C(C)(C)C=C5)C(C)(C)C=C3. The van der Waals surface area contributed by atoms with Crippen LogP contribution in [-0.4, -0.2) is 20.1 Å². The number of hydrogen-bond acceptors (Lipinski definition) is 3. The van der Waals surface area contributed by atoms with E-state index in [-0.39, 0.29) is 52.6 Å². The lowest BCUT2D eigenvalue weighted by atomic mass is 9.22. The molecule has 264 valence electrons. The Balaban J connectivity index is 1.30. The minimum atomic E-state index is -0.107. The highest BCUT2D eigenvalue weighted by molar-refractivity contribution is 6.99. The third-order valence-electron chi connectivity index (χ3n) is 15.8. The molecule has 0 amide bonds. The van der Waals surface area contributed by atoms with Crippen molar-refractivity contribution in [1.29, 1.82) is 0 Å². The van der Waals surface area contributed by atoms with Crippen molar-refractivity contribution in [1.82, 2.24) is 0 Å². The number of allylic oxidation sites excluding steroid dienone is 18. The van der Waals surface area contributed by atoms with E-state index in [1.165, 1.54) is 67.7 Å². The lowest BCUT2D eigenvalue weighted by molar-refractivity contribution is 0.562. The summed E-state index contributed by atoms with van der Waals surface area (Å²) in [6.45, 7) is 30.2. The molecule has 0 bridgehead atoms. The van der Waals surface area contributed by atoms with Gasteiger partial charge in [0, 0.05) is 67.5 Å². The molecule has 54 heavy (non-hydrogen) atoms. The zero-order chi connectivity index (χ0) is 37.3. The van der Waals surface area contributed by atoms with Gasteiger partial charge in [-0.1, -0.05) is 154 Å². The molecule has 0 atom stereocenters. The van der Waals surface area contributed by atoms with Gasteiger partial charge in [0.1, 0.15) is 0 Å². The monoisotopic (exact) mass is 699 g/mol. The van der Waals surface area contributed by atoms with Gasteiger partial charge >= 0.3 is 0 Å². The maximum atomic E-state index is 2.83. The molecule has 3 nitrogen and oxygen atoms in total. The first-order valence-corrected chi connectivity index (χ1v) is 20.6. The molecule has 1 aromatic carbocycles. The van der Waals surface area contributed by atoms with Crippen LogP contribution in [0.15, 0.2) is 140 Å². The van der Waals surface area contributed by atoms with E-state index in [2.05, 4.69) is 171 Å². The summed E-state index contributed by atoms with van der Waals surface area (Å²) < 4.78 is 0. The van der Waals surface area contributed by atoms with Crippen LogP contribution in [0.2, 0.25) is 0 Å². The van der Waals surface area contributed by atoms with E-state index in [1.807, 2.05) is 0 Å². The summed E-state index contributed by atoms with van der Waals surface area (Å²) in [7, 11) is 0. The molecule has 0 spiro atoms.